The minimum absolute atomic E-state index is 0.0945. The second kappa shape index (κ2) is 12.9. The van der Waals surface area contributed by atoms with E-state index in [1.165, 1.54) is 113 Å². The van der Waals surface area contributed by atoms with Crippen LogP contribution >= 0.6 is 11.3 Å². The standard InChI is InChI=1S/C55H41NS/c1-2-15-37(16-3-1)40-17-4-5-18-41(40)42-19-6-7-20-43(42)44-21-9-12-26-50(44)56(39-31-32-53-47(34-39)45-22-10-13-28-52(45)57-53)51-27-14-25-49-54(51)46-23-8-11-24-48(46)55(49)35-36-29-30-38(55)33-36/h1-28,31-32,34,36,38H,29-30,33,35H2. The van der Waals surface area contributed by atoms with Gasteiger partial charge in [-0.3, -0.25) is 0 Å². The quantitative estimate of drug-likeness (QED) is 0.164. The minimum Gasteiger partial charge on any atom is -0.309 e. The summed E-state index contributed by atoms with van der Waals surface area (Å²) in [7, 11) is 0. The van der Waals surface area contributed by atoms with Crippen LogP contribution in [0.3, 0.4) is 0 Å². The zero-order chi connectivity index (χ0) is 37.5. The molecule has 272 valence electrons. The summed E-state index contributed by atoms with van der Waals surface area (Å²) in [5, 5.41) is 2.63. The predicted octanol–water partition coefficient (Wildman–Crippen LogP) is 15.6. The zero-order valence-corrected chi connectivity index (χ0v) is 32.6. The van der Waals surface area contributed by atoms with Crippen molar-refractivity contribution in [3.05, 3.63) is 199 Å². The molecule has 0 amide bonds. The van der Waals surface area contributed by atoms with E-state index >= 15 is 0 Å². The molecule has 0 N–H and O–H groups in total. The normalized spacial score (nSPS) is 19.0. The van der Waals surface area contributed by atoms with Gasteiger partial charge in [-0.05, 0) is 112 Å². The number of hydrogen-bond donors (Lipinski definition) is 0. The van der Waals surface area contributed by atoms with Crippen LogP contribution in [-0.4, -0.2) is 0 Å². The van der Waals surface area contributed by atoms with Gasteiger partial charge < -0.3 is 4.90 Å². The van der Waals surface area contributed by atoms with Crippen LogP contribution in [0.5, 0.6) is 0 Å². The molecule has 57 heavy (non-hydrogen) atoms. The topological polar surface area (TPSA) is 3.24 Å². The van der Waals surface area contributed by atoms with E-state index in [4.69, 9.17) is 0 Å². The number of rotatable bonds is 6. The van der Waals surface area contributed by atoms with Gasteiger partial charge in [0.1, 0.15) is 0 Å². The summed E-state index contributed by atoms with van der Waals surface area (Å²) in [5.41, 5.74) is 17.0. The Hall–Kier alpha value is -6.22. The molecule has 3 aliphatic rings. The Balaban J connectivity index is 1.13. The van der Waals surface area contributed by atoms with Crippen LogP contribution < -0.4 is 4.90 Å². The van der Waals surface area contributed by atoms with Crippen LogP contribution in [-0.2, 0) is 5.41 Å². The highest BCUT2D eigenvalue weighted by Gasteiger charge is 2.57. The Morgan fingerprint density at radius 2 is 1.07 bits per heavy atom. The molecule has 0 saturated heterocycles. The lowest BCUT2D eigenvalue weighted by molar-refractivity contribution is 0.327. The monoisotopic (exact) mass is 747 g/mol. The van der Waals surface area contributed by atoms with Gasteiger partial charge in [0.05, 0.1) is 11.4 Å². The minimum atomic E-state index is 0.0945. The van der Waals surface area contributed by atoms with E-state index in [0.29, 0.717) is 5.92 Å². The van der Waals surface area contributed by atoms with Gasteiger partial charge >= 0.3 is 0 Å². The van der Waals surface area contributed by atoms with E-state index in [9.17, 15) is 0 Å². The molecule has 12 rings (SSSR count). The van der Waals surface area contributed by atoms with Crippen molar-refractivity contribution in [3.8, 4) is 44.5 Å². The number of benzene rings is 8. The number of nitrogens with zero attached hydrogens (tertiary/aromatic N) is 1. The van der Waals surface area contributed by atoms with Crippen LogP contribution in [0, 0.1) is 11.8 Å². The highest BCUT2D eigenvalue weighted by molar-refractivity contribution is 7.25. The van der Waals surface area contributed by atoms with Crippen molar-refractivity contribution in [2.75, 3.05) is 4.90 Å². The molecule has 8 aromatic carbocycles. The molecule has 2 heteroatoms. The van der Waals surface area contributed by atoms with E-state index in [0.717, 1.165) is 5.92 Å². The summed E-state index contributed by atoms with van der Waals surface area (Å²) in [5.74, 6) is 1.52. The molecule has 2 bridgehead atoms. The van der Waals surface area contributed by atoms with Crippen LogP contribution in [0.25, 0.3) is 64.7 Å². The number of fused-ring (bicyclic) bond motifs is 11. The number of thiophene rings is 1. The van der Waals surface area contributed by atoms with Gasteiger partial charge in [0, 0.05) is 42.4 Å². The molecular weight excluding hydrogens is 707 g/mol. The van der Waals surface area contributed by atoms with Crippen LogP contribution in [0.1, 0.15) is 36.8 Å². The molecule has 0 radical (unpaired) electrons. The first kappa shape index (κ1) is 33.0. The summed E-state index contributed by atoms with van der Waals surface area (Å²) in [6.45, 7) is 0. The predicted molar refractivity (Wildman–Crippen MR) is 242 cm³/mol. The Labute approximate surface area is 338 Å². The van der Waals surface area contributed by atoms with Gasteiger partial charge in [0.2, 0.25) is 0 Å². The Morgan fingerprint density at radius 3 is 1.86 bits per heavy atom. The molecule has 1 nitrogen and oxygen atoms in total. The zero-order valence-electron chi connectivity index (χ0n) is 31.7. The van der Waals surface area contributed by atoms with E-state index in [1.54, 1.807) is 5.56 Å². The van der Waals surface area contributed by atoms with Crippen molar-refractivity contribution in [2.24, 2.45) is 11.8 Å². The maximum atomic E-state index is 2.60. The average molecular weight is 748 g/mol. The number of hydrogen-bond acceptors (Lipinski definition) is 2. The van der Waals surface area contributed by atoms with Crippen LogP contribution in [0.15, 0.2) is 188 Å². The molecule has 1 heterocycles. The number of anilines is 3. The molecule has 3 atom stereocenters. The van der Waals surface area contributed by atoms with Gasteiger partial charge in [-0.15, -0.1) is 11.3 Å². The van der Waals surface area contributed by atoms with E-state index < -0.39 is 0 Å². The summed E-state index contributed by atoms with van der Waals surface area (Å²) >= 11 is 1.88. The van der Waals surface area contributed by atoms with Crippen LogP contribution in [0.2, 0.25) is 0 Å². The first-order valence-corrected chi connectivity index (χ1v) is 21.4. The Kier molecular flexibility index (Phi) is 7.47. The van der Waals surface area contributed by atoms with E-state index in [-0.39, 0.29) is 5.41 Å². The van der Waals surface area contributed by atoms with Crippen LogP contribution in [0.4, 0.5) is 17.1 Å². The SMILES string of the molecule is c1ccc(-c2ccccc2-c2ccccc2-c2ccccc2N(c2ccc3sc4ccccc4c3c2)c2cccc3c2-c2ccccc2C32CC3CCC2C3)cc1. The summed E-state index contributed by atoms with van der Waals surface area (Å²) < 4.78 is 2.65. The Bertz CT molecular complexity index is 3010. The highest BCUT2D eigenvalue weighted by Crippen LogP contribution is 2.67. The third-order valence-electron chi connectivity index (χ3n) is 13.6. The molecule has 2 saturated carbocycles. The summed E-state index contributed by atoms with van der Waals surface area (Å²) in [4.78, 5) is 2.60. The van der Waals surface area contributed by atoms with Gasteiger partial charge in [0.25, 0.3) is 0 Å². The van der Waals surface area contributed by atoms with Crippen molar-refractivity contribution in [1.29, 1.82) is 0 Å². The third kappa shape index (κ3) is 4.93. The van der Waals surface area contributed by atoms with Gasteiger partial charge in [-0.1, -0.05) is 158 Å². The second-order valence-corrected chi connectivity index (χ2v) is 17.5. The van der Waals surface area contributed by atoms with Crippen molar-refractivity contribution in [1.82, 2.24) is 0 Å². The summed E-state index contributed by atoms with van der Waals surface area (Å²) in [6.07, 6.45) is 5.33. The lowest BCUT2D eigenvalue weighted by Crippen LogP contribution is -2.31. The first-order chi connectivity index (χ1) is 28.3. The fourth-order valence-corrected chi connectivity index (χ4v) is 12.4. The lowest BCUT2D eigenvalue weighted by Gasteiger charge is -2.37. The number of para-hydroxylation sites is 1. The fourth-order valence-electron chi connectivity index (χ4n) is 11.3. The third-order valence-corrected chi connectivity index (χ3v) is 14.7. The molecule has 1 spiro atoms. The van der Waals surface area contributed by atoms with Crippen molar-refractivity contribution in [3.63, 3.8) is 0 Å². The van der Waals surface area contributed by atoms with Crippen molar-refractivity contribution < 1.29 is 0 Å². The molecule has 9 aromatic rings. The van der Waals surface area contributed by atoms with Gasteiger partial charge in [-0.25, -0.2) is 0 Å². The average Bonchev–Trinajstić information content (AvgIpc) is 4.06. The van der Waals surface area contributed by atoms with E-state index in [2.05, 4.69) is 193 Å². The van der Waals surface area contributed by atoms with Gasteiger partial charge in [0.15, 0.2) is 0 Å². The Morgan fingerprint density at radius 1 is 0.456 bits per heavy atom. The molecule has 3 unspecified atom stereocenters. The smallest absolute Gasteiger partial charge is 0.0543 e. The highest BCUT2D eigenvalue weighted by atomic mass is 32.1. The first-order valence-electron chi connectivity index (χ1n) is 20.5. The van der Waals surface area contributed by atoms with Crippen molar-refractivity contribution >= 4 is 48.6 Å². The summed E-state index contributed by atoms with van der Waals surface area (Å²) in [6, 6.07) is 70.5. The second-order valence-electron chi connectivity index (χ2n) is 16.4. The molecule has 0 aliphatic heterocycles. The molecular formula is C55H41NS. The maximum Gasteiger partial charge on any atom is 0.0543 e. The largest absolute Gasteiger partial charge is 0.309 e. The van der Waals surface area contributed by atoms with Gasteiger partial charge in [-0.2, -0.15) is 0 Å². The van der Waals surface area contributed by atoms with E-state index in [1.807, 2.05) is 11.3 Å². The maximum absolute atomic E-state index is 2.60. The fraction of sp³-hybridized carbons (Fsp3) is 0.127. The molecule has 3 aliphatic carbocycles. The molecule has 2 fully saturated rings. The lowest BCUT2D eigenvalue weighted by atomic mass is 9.67. The van der Waals surface area contributed by atoms with Crippen molar-refractivity contribution in [2.45, 2.75) is 31.1 Å². The molecule has 1 aromatic heterocycles.